The van der Waals surface area contributed by atoms with Crippen molar-refractivity contribution in [2.24, 2.45) is 0 Å². The van der Waals surface area contributed by atoms with Gasteiger partial charge in [0.15, 0.2) is 0 Å². The molecule has 0 fully saturated rings. The summed E-state index contributed by atoms with van der Waals surface area (Å²) in [6, 6.07) is 59.0. The standard InChI is InChI=1S/C55H40N4/c1-33-20-34(2)24-41(23-33)39-14-17-52-47(29-39)45-10-6-8-12-50(45)58(52)54-19-16-44(43-27-37(5)22-38(28-43)31-56)55(49(54)32-57)59-51-13-9-7-11-46(51)48-30-40(15-18-53(48)59)42-25-35(3)21-36(4)26-42/h6-30H,1-5H3. The van der Waals surface area contributed by atoms with E-state index < -0.39 is 0 Å². The van der Waals surface area contributed by atoms with Gasteiger partial charge in [-0.3, -0.25) is 0 Å². The summed E-state index contributed by atoms with van der Waals surface area (Å²) >= 11 is 0. The molecule has 0 saturated heterocycles. The molecule has 10 aromatic rings. The first-order valence-corrected chi connectivity index (χ1v) is 20.0. The molecule has 0 aliphatic rings. The first-order valence-electron chi connectivity index (χ1n) is 20.0. The van der Waals surface area contributed by atoms with Crippen LogP contribution in [-0.2, 0) is 0 Å². The average Bonchev–Trinajstić information content (AvgIpc) is 3.74. The molecule has 0 amide bonds. The maximum atomic E-state index is 11.6. The molecule has 0 spiro atoms. The number of benzene rings is 8. The highest BCUT2D eigenvalue weighted by atomic mass is 15.0. The lowest BCUT2D eigenvalue weighted by Gasteiger charge is -2.20. The SMILES string of the molecule is Cc1cc(C)cc(-c2ccc3c(c2)c2ccccc2n3-c2ccc(-c3cc(C)cc(C#N)c3)c(-n3c4ccccc4c4cc(-c5cc(C)cc(C)c5)ccc43)c2C#N)c1. The van der Waals surface area contributed by atoms with Crippen molar-refractivity contribution in [2.75, 3.05) is 0 Å². The van der Waals surface area contributed by atoms with Gasteiger partial charge in [0.25, 0.3) is 0 Å². The predicted octanol–water partition coefficient (Wildman–Crippen LogP) is 14.2. The zero-order valence-corrected chi connectivity index (χ0v) is 33.7. The van der Waals surface area contributed by atoms with E-state index in [0.717, 1.165) is 82.8 Å². The molecular weight excluding hydrogens is 717 g/mol. The fourth-order valence-electron chi connectivity index (χ4n) is 9.43. The molecule has 4 nitrogen and oxygen atoms in total. The largest absolute Gasteiger partial charge is 0.308 e. The van der Waals surface area contributed by atoms with E-state index in [4.69, 9.17) is 0 Å². The van der Waals surface area contributed by atoms with E-state index in [-0.39, 0.29) is 0 Å². The zero-order chi connectivity index (χ0) is 40.5. The van der Waals surface area contributed by atoms with Crippen LogP contribution >= 0.6 is 0 Å². The topological polar surface area (TPSA) is 57.4 Å². The van der Waals surface area contributed by atoms with Crippen LogP contribution in [0.5, 0.6) is 0 Å². The van der Waals surface area contributed by atoms with Crippen LogP contribution in [0.1, 0.15) is 38.9 Å². The molecular formula is C55H40N4. The molecule has 0 N–H and O–H groups in total. The molecule has 0 radical (unpaired) electrons. The van der Waals surface area contributed by atoms with E-state index in [9.17, 15) is 10.5 Å². The van der Waals surface area contributed by atoms with Gasteiger partial charge >= 0.3 is 0 Å². The van der Waals surface area contributed by atoms with Crippen LogP contribution < -0.4 is 0 Å². The average molecular weight is 757 g/mol. The first-order chi connectivity index (χ1) is 28.7. The van der Waals surface area contributed by atoms with Gasteiger partial charge in [0, 0.05) is 27.1 Å². The number of nitrogens with zero attached hydrogens (tertiary/aromatic N) is 4. The van der Waals surface area contributed by atoms with Crippen molar-refractivity contribution in [1.82, 2.24) is 9.13 Å². The predicted molar refractivity (Wildman–Crippen MR) is 245 cm³/mol. The van der Waals surface area contributed by atoms with E-state index in [1.165, 1.54) is 33.4 Å². The molecule has 0 aliphatic heterocycles. The Morgan fingerprint density at radius 1 is 0.373 bits per heavy atom. The smallest absolute Gasteiger partial charge is 0.104 e. The van der Waals surface area contributed by atoms with Crippen molar-refractivity contribution in [3.8, 4) is 56.9 Å². The molecule has 8 aromatic carbocycles. The first kappa shape index (κ1) is 35.7. The van der Waals surface area contributed by atoms with Gasteiger partial charge in [-0.2, -0.15) is 10.5 Å². The van der Waals surface area contributed by atoms with E-state index in [0.29, 0.717) is 11.1 Å². The third kappa shape index (κ3) is 5.89. The third-order valence-electron chi connectivity index (χ3n) is 11.7. The quantitative estimate of drug-likeness (QED) is 0.176. The Morgan fingerprint density at radius 2 is 0.847 bits per heavy atom. The fraction of sp³-hybridized carbons (Fsp3) is 0.0909. The Labute approximate surface area is 344 Å². The highest BCUT2D eigenvalue weighted by Crippen LogP contribution is 2.43. The molecule has 2 heterocycles. The van der Waals surface area contributed by atoms with Crippen LogP contribution in [0.25, 0.3) is 88.4 Å². The van der Waals surface area contributed by atoms with Gasteiger partial charge in [0.2, 0.25) is 0 Å². The molecule has 0 aliphatic carbocycles. The van der Waals surface area contributed by atoms with Crippen LogP contribution in [0.2, 0.25) is 0 Å². The van der Waals surface area contributed by atoms with Gasteiger partial charge < -0.3 is 9.13 Å². The van der Waals surface area contributed by atoms with Gasteiger partial charge in [0.05, 0.1) is 45.1 Å². The highest BCUT2D eigenvalue weighted by molar-refractivity contribution is 6.13. The molecule has 280 valence electrons. The minimum absolute atomic E-state index is 0.546. The lowest BCUT2D eigenvalue weighted by molar-refractivity contribution is 1.12. The molecule has 4 heteroatoms. The van der Waals surface area contributed by atoms with Crippen LogP contribution in [-0.4, -0.2) is 9.13 Å². The summed E-state index contributed by atoms with van der Waals surface area (Å²) in [5.74, 6) is 0. The second-order valence-electron chi connectivity index (χ2n) is 16.1. The summed E-state index contributed by atoms with van der Waals surface area (Å²) in [6.07, 6.45) is 0. The van der Waals surface area contributed by atoms with Crippen molar-refractivity contribution in [1.29, 1.82) is 10.5 Å². The minimum atomic E-state index is 0.546. The van der Waals surface area contributed by atoms with Crippen LogP contribution in [0, 0.1) is 57.3 Å². The van der Waals surface area contributed by atoms with Crippen molar-refractivity contribution in [2.45, 2.75) is 34.6 Å². The number of fused-ring (bicyclic) bond motifs is 6. The molecule has 0 unspecified atom stereocenters. The van der Waals surface area contributed by atoms with Gasteiger partial charge in [-0.1, -0.05) is 119 Å². The molecule has 59 heavy (non-hydrogen) atoms. The highest BCUT2D eigenvalue weighted by Gasteiger charge is 2.25. The Morgan fingerprint density at radius 3 is 1.39 bits per heavy atom. The maximum Gasteiger partial charge on any atom is 0.104 e. The van der Waals surface area contributed by atoms with Crippen LogP contribution in [0.15, 0.2) is 152 Å². The number of aryl methyl sites for hydroxylation is 5. The van der Waals surface area contributed by atoms with Crippen LogP contribution in [0.3, 0.4) is 0 Å². The number of hydrogen-bond donors (Lipinski definition) is 0. The number of rotatable bonds is 5. The van der Waals surface area contributed by atoms with Gasteiger partial charge in [-0.05, 0) is 123 Å². The van der Waals surface area contributed by atoms with E-state index in [1.807, 2.05) is 19.1 Å². The monoisotopic (exact) mass is 756 g/mol. The summed E-state index contributed by atoms with van der Waals surface area (Å²) < 4.78 is 4.53. The van der Waals surface area contributed by atoms with Crippen molar-refractivity contribution >= 4 is 43.6 Å². The van der Waals surface area contributed by atoms with E-state index >= 15 is 0 Å². The summed E-state index contributed by atoms with van der Waals surface area (Å²) in [7, 11) is 0. The number of para-hydroxylation sites is 2. The second kappa shape index (κ2) is 13.8. The summed E-state index contributed by atoms with van der Waals surface area (Å²) in [6.45, 7) is 10.6. The molecule has 2 aromatic heterocycles. The Bertz CT molecular complexity index is 3430. The van der Waals surface area contributed by atoms with Crippen molar-refractivity contribution in [3.63, 3.8) is 0 Å². The lowest BCUT2D eigenvalue weighted by atomic mass is 9.95. The molecule has 0 atom stereocenters. The number of aromatic nitrogens is 2. The molecule has 10 rings (SSSR count). The Kier molecular flexibility index (Phi) is 8.34. The molecule has 0 saturated carbocycles. The van der Waals surface area contributed by atoms with Crippen molar-refractivity contribution in [3.05, 3.63) is 191 Å². The van der Waals surface area contributed by atoms with Crippen molar-refractivity contribution < 1.29 is 0 Å². The number of nitriles is 2. The summed E-state index contributed by atoms with van der Waals surface area (Å²) in [4.78, 5) is 0. The third-order valence-corrected chi connectivity index (χ3v) is 11.7. The lowest BCUT2D eigenvalue weighted by Crippen LogP contribution is -2.06. The fourth-order valence-corrected chi connectivity index (χ4v) is 9.43. The second-order valence-corrected chi connectivity index (χ2v) is 16.1. The van der Waals surface area contributed by atoms with E-state index in [1.54, 1.807) is 0 Å². The Balaban J connectivity index is 1.30. The molecule has 0 bridgehead atoms. The van der Waals surface area contributed by atoms with Crippen LogP contribution in [0.4, 0.5) is 0 Å². The zero-order valence-electron chi connectivity index (χ0n) is 33.7. The summed E-state index contributed by atoms with van der Waals surface area (Å²) in [5.41, 5.74) is 19.1. The van der Waals surface area contributed by atoms with E-state index in [2.05, 4.69) is 188 Å². The maximum absolute atomic E-state index is 11.6. The Hall–Kier alpha value is -7.66. The van der Waals surface area contributed by atoms with Gasteiger partial charge in [-0.15, -0.1) is 0 Å². The summed E-state index contributed by atoms with van der Waals surface area (Å²) in [5, 5.41) is 26.1. The van der Waals surface area contributed by atoms with Gasteiger partial charge in [0.1, 0.15) is 11.6 Å². The van der Waals surface area contributed by atoms with Gasteiger partial charge in [-0.25, -0.2) is 0 Å². The number of hydrogen-bond acceptors (Lipinski definition) is 2. The minimum Gasteiger partial charge on any atom is -0.308 e. The normalized spacial score (nSPS) is 11.4.